The Kier molecular flexibility index (Phi) is 7.33. The van der Waals surface area contributed by atoms with Crippen molar-refractivity contribution in [1.29, 1.82) is 0 Å². The summed E-state index contributed by atoms with van der Waals surface area (Å²) in [6.07, 6.45) is 5.42. The Hall–Kier alpha value is -2.68. The number of carbonyl (C=O) groups excluding carboxylic acids is 2. The van der Waals surface area contributed by atoms with Crippen molar-refractivity contribution in [2.75, 3.05) is 11.9 Å². The highest BCUT2D eigenvalue weighted by Gasteiger charge is 2.33. The molecular weight excluding hydrogens is 376 g/mol. The molecule has 5 N–H and O–H groups in total. The van der Waals surface area contributed by atoms with E-state index in [1.54, 1.807) is 12.2 Å². The first-order chi connectivity index (χ1) is 13.2. The molecule has 2 rings (SSSR count). The third-order valence-electron chi connectivity index (χ3n) is 4.24. The summed E-state index contributed by atoms with van der Waals surface area (Å²) in [5.74, 6) is 0.433. The fraction of sp³-hybridized carbons (Fsp3) is 0.474. The fourth-order valence-corrected chi connectivity index (χ4v) is 3.98. The molecule has 0 spiro atoms. The molecule has 1 aliphatic rings. The molecule has 0 aromatic carbocycles. The number of urea groups is 1. The van der Waals surface area contributed by atoms with E-state index in [0.717, 1.165) is 17.0 Å². The minimum Gasteiger partial charge on any atom is -0.387 e. The standard InChI is InChI=1S/C19H28N6O2S/c1-5-7-13(23-15(20)10-11(2)3)16-12(4)22-18(28-16)24-19(27)25-9-6-8-14(25)17(21)26/h5,7,11,14H,1,6,8-10H2,2-4H3,(H2,20,23)(H2,21,26)(H,22,24,27)/b13-7-/t14-/m0/s1. The maximum atomic E-state index is 12.5. The molecule has 0 radical (unpaired) electrons. The Morgan fingerprint density at radius 3 is 2.79 bits per heavy atom. The van der Waals surface area contributed by atoms with E-state index in [1.165, 1.54) is 16.2 Å². The number of thiazole rings is 1. The van der Waals surface area contributed by atoms with E-state index in [0.29, 0.717) is 42.0 Å². The third kappa shape index (κ3) is 5.41. The lowest BCUT2D eigenvalue weighted by Gasteiger charge is -2.21. The second-order valence-electron chi connectivity index (χ2n) is 7.11. The van der Waals surface area contributed by atoms with Crippen molar-refractivity contribution >= 4 is 39.9 Å². The van der Waals surface area contributed by atoms with Crippen molar-refractivity contribution in [3.05, 3.63) is 29.3 Å². The molecule has 0 saturated carbocycles. The number of amidine groups is 1. The molecule has 1 aliphatic heterocycles. The molecule has 152 valence electrons. The summed E-state index contributed by atoms with van der Waals surface area (Å²) in [5.41, 5.74) is 12.8. The molecule has 1 aromatic rings. The van der Waals surface area contributed by atoms with Gasteiger partial charge in [0.05, 0.1) is 22.1 Å². The van der Waals surface area contributed by atoms with Crippen LogP contribution in [-0.2, 0) is 4.79 Å². The summed E-state index contributed by atoms with van der Waals surface area (Å²) in [5, 5.41) is 3.20. The molecule has 9 heteroatoms. The number of amides is 3. The van der Waals surface area contributed by atoms with Crippen molar-refractivity contribution in [3.63, 3.8) is 0 Å². The van der Waals surface area contributed by atoms with Crippen LogP contribution in [0.3, 0.4) is 0 Å². The molecule has 3 amide bonds. The Labute approximate surface area is 169 Å². The molecule has 0 unspecified atom stereocenters. The summed E-state index contributed by atoms with van der Waals surface area (Å²) >= 11 is 1.30. The zero-order chi connectivity index (χ0) is 20.8. The van der Waals surface area contributed by atoms with E-state index in [-0.39, 0.29) is 6.03 Å². The van der Waals surface area contributed by atoms with Gasteiger partial charge in [-0.1, -0.05) is 37.8 Å². The normalized spacial score (nSPS) is 17.9. The molecule has 1 saturated heterocycles. The van der Waals surface area contributed by atoms with Gasteiger partial charge in [-0.15, -0.1) is 0 Å². The predicted molar refractivity (Wildman–Crippen MR) is 114 cm³/mol. The van der Waals surface area contributed by atoms with E-state index in [9.17, 15) is 9.59 Å². The van der Waals surface area contributed by atoms with Crippen molar-refractivity contribution in [1.82, 2.24) is 9.88 Å². The number of nitrogens with zero attached hydrogens (tertiary/aromatic N) is 3. The van der Waals surface area contributed by atoms with Crippen LogP contribution in [-0.4, -0.2) is 40.2 Å². The Balaban J connectivity index is 2.21. The van der Waals surface area contributed by atoms with Crippen LogP contribution >= 0.6 is 11.3 Å². The van der Waals surface area contributed by atoms with Crippen LogP contribution < -0.4 is 16.8 Å². The minimum absolute atomic E-state index is 0.376. The average molecular weight is 405 g/mol. The SMILES string of the molecule is C=C/C=C(\N=C(/N)CC(C)C)c1sc(NC(=O)N2CCC[C@H]2C(N)=O)nc1C. The first-order valence-electron chi connectivity index (χ1n) is 9.23. The van der Waals surface area contributed by atoms with Gasteiger partial charge >= 0.3 is 6.03 Å². The lowest BCUT2D eigenvalue weighted by Crippen LogP contribution is -2.45. The summed E-state index contributed by atoms with van der Waals surface area (Å²) in [6, 6.07) is -0.948. The lowest BCUT2D eigenvalue weighted by molar-refractivity contribution is -0.121. The summed E-state index contributed by atoms with van der Waals surface area (Å²) in [7, 11) is 0. The van der Waals surface area contributed by atoms with E-state index >= 15 is 0 Å². The van der Waals surface area contributed by atoms with Gasteiger partial charge in [0.2, 0.25) is 5.91 Å². The Bertz CT molecular complexity index is 811. The van der Waals surface area contributed by atoms with Crippen molar-refractivity contribution in [2.45, 2.75) is 46.1 Å². The maximum absolute atomic E-state index is 12.5. The van der Waals surface area contributed by atoms with Crippen molar-refractivity contribution in [2.24, 2.45) is 22.4 Å². The van der Waals surface area contributed by atoms with E-state index in [4.69, 9.17) is 11.5 Å². The molecule has 1 aromatic heterocycles. The van der Waals surface area contributed by atoms with Gasteiger partial charge in [-0.05, 0) is 31.8 Å². The first kappa shape index (κ1) is 21.6. The predicted octanol–water partition coefficient (Wildman–Crippen LogP) is 2.86. The number of anilines is 1. The second-order valence-corrected chi connectivity index (χ2v) is 8.11. The van der Waals surface area contributed by atoms with Crippen molar-refractivity contribution < 1.29 is 9.59 Å². The fourth-order valence-electron chi connectivity index (χ4n) is 3.05. The molecular formula is C19H28N6O2S. The van der Waals surface area contributed by atoms with Crippen molar-refractivity contribution in [3.8, 4) is 0 Å². The molecule has 0 bridgehead atoms. The van der Waals surface area contributed by atoms with E-state index in [2.05, 4.69) is 35.7 Å². The van der Waals surface area contributed by atoms with Gasteiger partial charge < -0.3 is 16.4 Å². The largest absolute Gasteiger partial charge is 0.387 e. The Morgan fingerprint density at radius 2 is 2.18 bits per heavy atom. The number of primary amides is 1. The van der Waals surface area contributed by atoms with E-state index < -0.39 is 11.9 Å². The van der Waals surface area contributed by atoms with Gasteiger partial charge in [-0.25, -0.2) is 14.8 Å². The summed E-state index contributed by atoms with van der Waals surface area (Å²) in [6.45, 7) is 10.2. The zero-order valence-corrected chi connectivity index (χ0v) is 17.4. The zero-order valence-electron chi connectivity index (χ0n) is 16.6. The molecule has 8 nitrogen and oxygen atoms in total. The maximum Gasteiger partial charge on any atom is 0.324 e. The number of rotatable bonds is 7. The number of aromatic nitrogens is 1. The topological polar surface area (TPSA) is 127 Å². The number of nitrogens with one attached hydrogen (secondary N) is 1. The van der Waals surface area contributed by atoms with Crippen LogP contribution in [0.1, 0.15) is 43.7 Å². The third-order valence-corrected chi connectivity index (χ3v) is 5.34. The van der Waals surface area contributed by atoms with Crippen LogP contribution in [0.4, 0.5) is 9.93 Å². The van der Waals surface area contributed by atoms with Crippen LogP contribution in [0.25, 0.3) is 5.70 Å². The van der Waals surface area contributed by atoms with Gasteiger partial charge in [-0.3, -0.25) is 10.1 Å². The highest BCUT2D eigenvalue weighted by atomic mass is 32.1. The Morgan fingerprint density at radius 1 is 1.46 bits per heavy atom. The van der Waals surface area contributed by atoms with Crippen LogP contribution in [0.5, 0.6) is 0 Å². The van der Waals surface area contributed by atoms with Crippen LogP contribution in [0.2, 0.25) is 0 Å². The quantitative estimate of drug-likeness (QED) is 0.367. The minimum atomic E-state index is -0.572. The molecule has 1 fully saturated rings. The van der Waals surface area contributed by atoms with Gasteiger partial charge in [0.1, 0.15) is 6.04 Å². The summed E-state index contributed by atoms with van der Waals surface area (Å²) < 4.78 is 0. The van der Waals surface area contributed by atoms with Gasteiger partial charge in [0, 0.05) is 13.0 Å². The number of carbonyl (C=O) groups is 2. The number of likely N-dealkylation sites (tertiary alicyclic amines) is 1. The average Bonchev–Trinajstić information content (AvgIpc) is 3.20. The van der Waals surface area contributed by atoms with Gasteiger partial charge in [-0.2, -0.15) is 0 Å². The highest BCUT2D eigenvalue weighted by molar-refractivity contribution is 7.17. The van der Waals surface area contributed by atoms with E-state index in [1.807, 2.05) is 6.92 Å². The number of aryl methyl sites for hydroxylation is 1. The number of nitrogens with two attached hydrogens (primary N) is 2. The van der Waals surface area contributed by atoms with Crippen LogP contribution in [0, 0.1) is 12.8 Å². The first-order valence-corrected chi connectivity index (χ1v) is 10.0. The molecule has 28 heavy (non-hydrogen) atoms. The number of aliphatic imine (C=N–C) groups is 1. The molecule has 1 atom stereocenters. The summed E-state index contributed by atoms with van der Waals surface area (Å²) in [4.78, 5) is 35.2. The number of hydrogen-bond donors (Lipinski definition) is 3. The van der Waals surface area contributed by atoms with Gasteiger partial charge in [0.25, 0.3) is 0 Å². The molecule has 2 heterocycles. The smallest absolute Gasteiger partial charge is 0.324 e. The van der Waals surface area contributed by atoms with Gasteiger partial charge in [0.15, 0.2) is 5.13 Å². The number of hydrogen-bond acceptors (Lipinski definition) is 5. The molecule has 0 aliphatic carbocycles. The van der Waals surface area contributed by atoms with Crippen LogP contribution in [0.15, 0.2) is 23.7 Å². The number of allylic oxidation sites excluding steroid dienone is 2. The second kappa shape index (κ2) is 9.50. The highest BCUT2D eigenvalue weighted by Crippen LogP contribution is 2.31. The lowest BCUT2D eigenvalue weighted by atomic mass is 10.1. The monoisotopic (exact) mass is 404 g/mol.